The van der Waals surface area contributed by atoms with E-state index in [9.17, 15) is 13.6 Å². The minimum absolute atomic E-state index is 0.0608. The Morgan fingerprint density at radius 3 is 2.67 bits per heavy atom. The van der Waals surface area contributed by atoms with Crippen molar-refractivity contribution < 1.29 is 18.3 Å². The number of hydrogen-bond acceptors (Lipinski definition) is 5. The zero-order valence-corrected chi connectivity index (χ0v) is 16.6. The second-order valence-corrected chi connectivity index (χ2v) is 7.19. The third-order valence-electron chi connectivity index (χ3n) is 4.63. The fraction of sp³-hybridized carbons (Fsp3) is 0.250. The van der Waals surface area contributed by atoms with Crippen LogP contribution < -0.4 is 15.4 Å². The molecule has 1 amide bonds. The molecule has 1 saturated carbocycles. The number of carbonyl (C=O) groups is 1. The number of nitrogens with zero attached hydrogens (tertiary/aromatic N) is 2. The number of alkyl halides is 2. The Morgan fingerprint density at radius 1 is 1.23 bits per heavy atom. The van der Waals surface area contributed by atoms with Gasteiger partial charge in [-0.25, -0.2) is 0 Å². The lowest BCUT2D eigenvalue weighted by atomic mass is 10.1. The Labute approximate surface area is 176 Å². The van der Waals surface area contributed by atoms with Gasteiger partial charge in [0.2, 0.25) is 0 Å². The molecule has 2 aromatic carbocycles. The molecule has 0 radical (unpaired) electrons. The van der Waals surface area contributed by atoms with Crippen LogP contribution in [-0.4, -0.2) is 27.3 Å². The molecule has 1 aliphatic carbocycles. The first-order valence-corrected chi connectivity index (χ1v) is 9.77. The molecule has 0 unspecified atom stereocenters. The number of aromatic amines is 1. The molecular weight excluding hydrogens is 412 g/mol. The highest BCUT2D eigenvalue weighted by molar-refractivity contribution is 7.71. The van der Waals surface area contributed by atoms with Gasteiger partial charge in [0.05, 0.1) is 17.8 Å². The molecule has 0 saturated heterocycles. The highest BCUT2D eigenvalue weighted by Crippen LogP contribution is 2.35. The fourth-order valence-corrected chi connectivity index (χ4v) is 3.39. The number of carbonyl (C=O) groups excluding carboxylic acids is 1. The van der Waals surface area contributed by atoms with E-state index in [4.69, 9.17) is 12.2 Å². The average Bonchev–Trinajstić information content (AvgIpc) is 3.50. The number of benzene rings is 2. The van der Waals surface area contributed by atoms with Crippen molar-refractivity contribution >= 4 is 29.5 Å². The Bertz CT molecular complexity index is 1090. The minimum Gasteiger partial charge on any atom is -0.435 e. The lowest BCUT2D eigenvalue weighted by Crippen LogP contribution is -2.25. The largest absolute Gasteiger partial charge is 0.435 e. The van der Waals surface area contributed by atoms with Crippen molar-refractivity contribution in [2.45, 2.75) is 32.0 Å². The number of H-pyrrole nitrogens is 1. The molecule has 1 heterocycles. The molecule has 0 spiro atoms. The number of nitrogens with one attached hydrogen (secondary N) is 3. The summed E-state index contributed by atoms with van der Waals surface area (Å²) in [6, 6.07) is 13.4. The molecule has 1 fully saturated rings. The van der Waals surface area contributed by atoms with Gasteiger partial charge in [0.25, 0.3) is 5.91 Å². The Morgan fingerprint density at radius 2 is 1.97 bits per heavy atom. The quantitative estimate of drug-likeness (QED) is 0.456. The number of ether oxygens (including phenoxy) is 1. The predicted octanol–water partition coefficient (Wildman–Crippen LogP) is 4.55. The highest BCUT2D eigenvalue weighted by atomic mass is 32.1. The lowest BCUT2D eigenvalue weighted by molar-refractivity contribution is -0.0498. The molecule has 10 heteroatoms. The van der Waals surface area contributed by atoms with Crippen LogP contribution in [0, 0.1) is 4.77 Å². The lowest BCUT2D eigenvalue weighted by Gasteiger charge is -2.13. The Hall–Kier alpha value is -3.27. The smallest absolute Gasteiger partial charge is 0.387 e. The second-order valence-electron chi connectivity index (χ2n) is 6.80. The summed E-state index contributed by atoms with van der Waals surface area (Å²) in [6.45, 7) is -2.63. The molecule has 1 aromatic heterocycles. The van der Waals surface area contributed by atoms with Crippen LogP contribution in [0.1, 0.15) is 35.1 Å². The monoisotopic (exact) mass is 431 g/mol. The molecule has 0 bridgehead atoms. The third-order valence-corrected chi connectivity index (χ3v) is 4.91. The Kier molecular flexibility index (Phi) is 5.75. The van der Waals surface area contributed by atoms with E-state index in [0.29, 0.717) is 33.6 Å². The maximum absolute atomic E-state index is 12.8. The maximum atomic E-state index is 12.8. The minimum atomic E-state index is -2.88. The van der Waals surface area contributed by atoms with Gasteiger partial charge >= 0.3 is 6.61 Å². The summed E-state index contributed by atoms with van der Waals surface area (Å²) in [7, 11) is 0. The number of rotatable bonds is 8. The van der Waals surface area contributed by atoms with Gasteiger partial charge in [0.1, 0.15) is 5.75 Å². The van der Waals surface area contributed by atoms with Gasteiger partial charge in [-0.1, -0.05) is 12.1 Å². The van der Waals surface area contributed by atoms with Gasteiger partial charge in [0, 0.05) is 11.7 Å². The summed E-state index contributed by atoms with van der Waals surface area (Å²) in [4.78, 5) is 12.8. The zero-order chi connectivity index (χ0) is 21.1. The van der Waals surface area contributed by atoms with Crippen LogP contribution in [0.5, 0.6) is 5.75 Å². The third kappa shape index (κ3) is 4.65. The summed E-state index contributed by atoms with van der Waals surface area (Å²) in [5.41, 5.74) is 1.66. The molecule has 3 N–H and O–H groups in total. The van der Waals surface area contributed by atoms with Crippen molar-refractivity contribution in [3.63, 3.8) is 0 Å². The van der Waals surface area contributed by atoms with Gasteiger partial charge in [-0.15, -0.1) is 0 Å². The second kappa shape index (κ2) is 8.62. The van der Waals surface area contributed by atoms with E-state index in [1.165, 1.54) is 12.1 Å². The first kappa shape index (κ1) is 20.0. The van der Waals surface area contributed by atoms with Crippen LogP contribution in [0.25, 0.3) is 0 Å². The number of aromatic nitrogens is 3. The van der Waals surface area contributed by atoms with E-state index in [0.717, 1.165) is 12.8 Å². The van der Waals surface area contributed by atoms with Crippen molar-refractivity contribution in [3.05, 3.63) is 64.7 Å². The van der Waals surface area contributed by atoms with Gasteiger partial charge in [-0.05, 0) is 61.5 Å². The SMILES string of the molecule is O=C(NCc1n[nH]c(=S)n1C1CC1)c1ccccc1Nc1ccc(OC(F)F)cc1. The number of para-hydroxylation sites is 1. The van der Waals surface area contributed by atoms with E-state index in [1.54, 1.807) is 36.4 Å². The Balaban J connectivity index is 1.45. The number of hydrogen-bond donors (Lipinski definition) is 3. The molecule has 156 valence electrons. The summed E-state index contributed by atoms with van der Waals surface area (Å²) in [5, 5.41) is 13.0. The average molecular weight is 431 g/mol. The maximum Gasteiger partial charge on any atom is 0.387 e. The van der Waals surface area contributed by atoms with Crippen LogP contribution in [0.15, 0.2) is 48.5 Å². The van der Waals surface area contributed by atoms with Gasteiger partial charge < -0.3 is 15.4 Å². The van der Waals surface area contributed by atoms with Crippen molar-refractivity contribution in [3.8, 4) is 5.75 Å². The fourth-order valence-electron chi connectivity index (χ4n) is 3.09. The van der Waals surface area contributed by atoms with Crippen LogP contribution in [0.4, 0.5) is 20.2 Å². The normalized spacial score (nSPS) is 13.3. The van der Waals surface area contributed by atoms with Gasteiger partial charge in [-0.3, -0.25) is 14.5 Å². The van der Waals surface area contributed by atoms with Crippen LogP contribution in [-0.2, 0) is 6.54 Å². The molecule has 1 aliphatic rings. The first-order valence-electron chi connectivity index (χ1n) is 9.36. The summed E-state index contributed by atoms with van der Waals surface area (Å²) >= 11 is 5.26. The van der Waals surface area contributed by atoms with Crippen molar-refractivity contribution in [1.29, 1.82) is 0 Å². The van der Waals surface area contributed by atoms with Crippen LogP contribution in [0.3, 0.4) is 0 Å². The van der Waals surface area contributed by atoms with Crippen LogP contribution in [0.2, 0.25) is 0 Å². The molecule has 7 nitrogen and oxygen atoms in total. The number of halogens is 2. The van der Waals surface area contributed by atoms with Gasteiger partial charge in [0.15, 0.2) is 10.6 Å². The summed E-state index contributed by atoms with van der Waals surface area (Å²) in [5.74, 6) is 0.480. The molecule has 30 heavy (non-hydrogen) atoms. The van der Waals surface area contributed by atoms with E-state index < -0.39 is 6.61 Å². The van der Waals surface area contributed by atoms with Crippen molar-refractivity contribution in [1.82, 2.24) is 20.1 Å². The highest BCUT2D eigenvalue weighted by Gasteiger charge is 2.27. The van der Waals surface area contributed by atoms with E-state index in [-0.39, 0.29) is 18.2 Å². The summed E-state index contributed by atoms with van der Waals surface area (Å²) < 4.78 is 31.4. The molecule has 4 rings (SSSR count). The number of anilines is 2. The van der Waals surface area contributed by atoms with Crippen molar-refractivity contribution in [2.24, 2.45) is 0 Å². The first-order chi connectivity index (χ1) is 14.5. The van der Waals surface area contributed by atoms with Gasteiger partial charge in [-0.2, -0.15) is 13.9 Å². The molecule has 3 aromatic rings. The standard InChI is InChI=1S/C20H19F2N5O2S/c21-19(22)29-14-9-5-12(6-10-14)24-16-4-2-1-3-15(16)18(28)23-11-17-25-26-20(30)27(17)13-7-8-13/h1-6,9-10,13,19,24H,7-8,11H2,(H,23,28)(H,26,30). The predicted molar refractivity (Wildman–Crippen MR) is 110 cm³/mol. The van der Waals surface area contributed by atoms with E-state index >= 15 is 0 Å². The zero-order valence-electron chi connectivity index (χ0n) is 15.8. The van der Waals surface area contributed by atoms with E-state index in [1.807, 2.05) is 4.57 Å². The topological polar surface area (TPSA) is 84.0 Å². The van der Waals surface area contributed by atoms with E-state index in [2.05, 4.69) is 25.6 Å². The molecular formula is C20H19F2N5O2S. The van der Waals surface area contributed by atoms with Crippen molar-refractivity contribution in [2.75, 3.05) is 5.32 Å². The summed E-state index contributed by atoms with van der Waals surface area (Å²) in [6.07, 6.45) is 2.12. The number of amides is 1. The van der Waals surface area contributed by atoms with Crippen LogP contribution >= 0.6 is 12.2 Å². The molecule has 0 aliphatic heterocycles. The molecule has 0 atom stereocenters.